The molecule has 172 valence electrons. The number of carbonyl (C=O) groups is 4. The minimum atomic E-state index is -0.825. The number of anilines is 1. The first-order valence-corrected chi connectivity index (χ1v) is 10.9. The molecule has 0 spiro atoms. The summed E-state index contributed by atoms with van der Waals surface area (Å²) in [6.07, 6.45) is 1.86. The Labute approximate surface area is 200 Å². The smallest absolute Gasteiger partial charge is 0.257 e. The van der Waals surface area contributed by atoms with E-state index in [0.717, 1.165) is 0 Å². The lowest BCUT2D eigenvalue weighted by Crippen LogP contribution is -2.46. The number of halogens is 1. The van der Waals surface area contributed by atoms with Crippen molar-refractivity contribution >= 4 is 40.9 Å². The molecule has 9 heteroatoms. The summed E-state index contributed by atoms with van der Waals surface area (Å²) >= 11 is 6.09. The third-order valence-electron chi connectivity index (χ3n) is 5.40. The number of carbonyl (C=O) groups excluding carboxylic acids is 4. The topological polar surface area (TPSA) is 108 Å². The first-order valence-electron chi connectivity index (χ1n) is 10.5. The fraction of sp³-hybridized carbons (Fsp3) is 0.160. The molecule has 34 heavy (non-hydrogen) atoms. The van der Waals surface area contributed by atoms with E-state index in [9.17, 15) is 19.2 Å². The molecule has 3 aromatic rings. The van der Waals surface area contributed by atoms with Gasteiger partial charge in [0.2, 0.25) is 11.8 Å². The highest BCUT2D eigenvalue weighted by atomic mass is 35.5. The first kappa shape index (κ1) is 23.1. The zero-order chi connectivity index (χ0) is 24.2. The van der Waals surface area contributed by atoms with Crippen LogP contribution in [0.3, 0.4) is 0 Å². The van der Waals surface area contributed by atoms with Crippen molar-refractivity contribution in [1.29, 1.82) is 0 Å². The van der Waals surface area contributed by atoms with E-state index in [0.29, 0.717) is 33.1 Å². The number of imide groups is 1. The third-order valence-corrected chi connectivity index (χ3v) is 5.63. The van der Waals surface area contributed by atoms with Gasteiger partial charge in [-0.2, -0.15) is 0 Å². The molecule has 4 amide bonds. The van der Waals surface area contributed by atoms with Gasteiger partial charge in [0.1, 0.15) is 6.04 Å². The molecule has 2 aromatic carbocycles. The summed E-state index contributed by atoms with van der Waals surface area (Å²) in [4.78, 5) is 55.8. The predicted molar refractivity (Wildman–Crippen MR) is 126 cm³/mol. The van der Waals surface area contributed by atoms with Crippen LogP contribution in [0.2, 0.25) is 5.02 Å². The first-order chi connectivity index (χ1) is 16.3. The lowest BCUT2D eigenvalue weighted by Gasteiger charge is -2.28. The second-order valence-electron chi connectivity index (χ2n) is 7.86. The summed E-state index contributed by atoms with van der Waals surface area (Å²) in [6, 6.07) is 15.8. The number of aromatic nitrogens is 1. The summed E-state index contributed by atoms with van der Waals surface area (Å²) < 4.78 is 0. The van der Waals surface area contributed by atoms with Crippen LogP contribution in [0.5, 0.6) is 0 Å². The Morgan fingerprint density at radius 1 is 1.09 bits per heavy atom. The average molecular weight is 477 g/mol. The van der Waals surface area contributed by atoms with E-state index in [1.807, 2.05) is 6.07 Å². The average Bonchev–Trinajstić information content (AvgIpc) is 2.89. The van der Waals surface area contributed by atoms with Crippen molar-refractivity contribution < 1.29 is 19.2 Å². The standard InChI is InChI=1S/C25H21ClN4O4/c1-15(31)28-23(32)17-7-5-16(6-8-17)14-30-22(13-19-4-2-3-11-27-19)24(33)29-21-12-18(26)9-10-20(21)25(30)34/h2-12,22H,13-14H2,1H3,(H,29,33)(H,28,31,32). The Bertz CT molecular complexity index is 1260. The minimum absolute atomic E-state index is 0.125. The molecule has 0 aliphatic carbocycles. The highest BCUT2D eigenvalue weighted by Gasteiger charge is 2.35. The second-order valence-corrected chi connectivity index (χ2v) is 8.30. The van der Waals surface area contributed by atoms with Crippen molar-refractivity contribution in [1.82, 2.24) is 15.2 Å². The van der Waals surface area contributed by atoms with Gasteiger partial charge in [-0.05, 0) is 48.0 Å². The highest BCUT2D eigenvalue weighted by molar-refractivity contribution is 6.31. The maximum atomic E-state index is 13.6. The van der Waals surface area contributed by atoms with Crippen LogP contribution >= 0.6 is 11.6 Å². The quantitative estimate of drug-likeness (QED) is 0.587. The molecule has 8 nitrogen and oxygen atoms in total. The van der Waals surface area contributed by atoms with Gasteiger partial charge in [0, 0.05) is 42.4 Å². The van der Waals surface area contributed by atoms with Crippen LogP contribution in [0, 0.1) is 0 Å². The van der Waals surface area contributed by atoms with Crippen LogP contribution in [0.4, 0.5) is 5.69 Å². The second kappa shape index (κ2) is 9.84. The molecule has 2 heterocycles. The number of benzene rings is 2. The van der Waals surface area contributed by atoms with Gasteiger partial charge in [-0.1, -0.05) is 29.8 Å². The van der Waals surface area contributed by atoms with Crippen LogP contribution in [0.1, 0.15) is 38.9 Å². The molecule has 1 aromatic heterocycles. The minimum Gasteiger partial charge on any atom is -0.323 e. The number of nitrogens with one attached hydrogen (secondary N) is 2. The van der Waals surface area contributed by atoms with Gasteiger partial charge < -0.3 is 10.2 Å². The Morgan fingerprint density at radius 3 is 2.53 bits per heavy atom. The molecule has 0 fully saturated rings. The molecule has 2 N–H and O–H groups in total. The Balaban J connectivity index is 1.67. The number of pyridine rings is 1. The van der Waals surface area contributed by atoms with Crippen molar-refractivity contribution in [3.8, 4) is 0 Å². The lowest BCUT2D eigenvalue weighted by atomic mass is 10.0. The van der Waals surface area contributed by atoms with Crippen LogP contribution < -0.4 is 10.6 Å². The van der Waals surface area contributed by atoms with Gasteiger partial charge in [-0.25, -0.2) is 0 Å². The van der Waals surface area contributed by atoms with Gasteiger partial charge >= 0.3 is 0 Å². The molecule has 0 saturated heterocycles. The van der Waals surface area contributed by atoms with E-state index in [2.05, 4.69) is 15.6 Å². The fourth-order valence-corrected chi connectivity index (χ4v) is 3.92. The molecule has 0 bridgehead atoms. The van der Waals surface area contributed by atoms with Crippen molar-refractivity contribution in [2.45, 2.75) is 25.9 Å². The van der Waals surface area contributed by atoms with Crippen molar-refractivity contribution in [2.75, 3.05) is 5.32 Å². The van der Waals surface area contributed by atoms with E-state index >= 15 is 0 Å². The third kappa shape index (κ3) is 5.13. The number of fused-ring (bicyclic) bond motifs is 1. The predicted octanol–water partition coefficient (Wildman–Crippen LogP) is 3.22. The van der Waals surface area contributed by atoms with E-state index in [1.165, 1.54) is 11.8 Å². The highest BCUT2D eigenvalue weighted by Crippen LogP contribution is 2.28. The molecule has 1 aliphatic rings. The van der Waals surface area contributed by atoms with Gasteiger partial charge in [0.15, 0.2) is 0 Å². The SMILES string of the molecule is CC(=O)NC(=O)c1ccc(CN2C(=O)c3ccc(Cl)cc3NC(=O)C2Cc2ccccn2)cc1. The Kier molecular flexibility index (Phi) is 6.70. The zero-order valence-electron chi connectivity index (χ0n) is 18.2. The van der Waals surface area contributed by atoms with Crippen LogP contribution in [0.15, 0.2) is 66.9 Å². The Hall–Kier alpha value is -4.04. The van der Waals surface area contributed by atoms with Gasteiger partial charge in [0.25, 0.3) is 11.8 Å². The van der Waals surface area contributed by atoms with E-state index < -0.39 is 17.9 Å². The number of nitrogens with zero attached hydrogens (tertiary/aromatic N) is 2. The number of hydrogen-bond donors (Lipinski definition) is 2. The van der Waals surface area contributed by atoms with Crippen LogP contribution in [-0.4, -0.2) is 39.6 Å². The summed E-state index contributed by atoms with van der Waals surface area (Å²) in [5, 5.41) is 5.45. The number of rotatable bonds is 5. The lowest BCUT2D eigenvalue weighted by molar-refractivity contribution is -0.120. The number of hydrogen-bond acceptors (Lipinski definition) is 5. The molecule has 1 atom stereocenters. The summed E-state index contributed by atoms with van der Waals surface area (Å²) in [6.45, 7) is 1.38. The van der Waals surface area contributed by atoms with Gasteiger partial charge in [0.05, 0.1) is 11.3 Å². The van der Waals surface area contributed by atoms with Gasteiger partial charge in [-0.3, -0.25) is 29.5 Å². The molecule has 1 aliphatic heterocycles. The molecule has 0 saturated carbocycles. The zero-order valence-corrected chi connectivity index (χ0v) is 19.0. The number of amides is 4. The summed E-state index contributed by atoms with van der Waals surface area (Å²) in [5.41, 5.74) is 2.37. The maximum absolute atomic E-state index is 13.6. The van der Waals surface area contributed by atoms with Gasteiger partial charge in [-0.15, -0.1) is 0 Å². The Morgan fingerprint density at radius 2 is 1.85 bits per heavy atom. The van der Waals surface area contributed by atoms with Crippen LogP contribution in [-0.2, 0) is 22.6 Å². The monoisotopic (exact) mass is 476 g/mol. The normalized spacial score (nSPS) is 15.2. The molecule has 4 rings (SSSR count). The van der Waals surface area contributed by atoms with Crippen molar-refractivity contribution in [3.05, 3.63) is 94.3 Å². The summed E-state index contributed by atoms with van der Waals surface area (Å²) in [5.74, 6) is -1.64. The van der Waals surface area contributed by atoms with Crippen LogP contribution in [0.25, 0.3) is 0 Å². The van der Waals surface area contributed by atoms with E-state index in [-0.39, 0.29) is 24.8 Å². The van der Waals surface area contributed by atoms with Crippen molar-refractivity contribution in [2.24, 2.45) is 0 Å². The summed E-state index contributed by atoms with van der Waals surface area (Å²) in [7, 11) is 0. The molecular weight excluding hydrogens is 456 g/mol. The van der Waals surface area contributed by atoms with Crippen molar-refractivity contribution in [3.63, 3.8) is 0 Å². The molecular formula is C25H21ClN4O4. The van der Waals surface area contributed by atoms with E-state index in [1.54, 1.807) is 60.8 Å². The largest absolute Gasteiger partial charge is 0.323 e. The molecule has 1 unspecified atom stereocenters. The maximum Gasteiger partial charge on any atom is 0.257 e. The fourth-order valence-electron chi connectivity index (χ4n) is 3.75. The van der Waals surface area contributed by atoms with E-state index in [4.69, 9.17) is 11.6 Å². The molecule has 0 radical (unpaired) electrons.